The minimum absolute atomic E-state index is 0.395. The first-order valence-electron chi connectivity index (χ1n) is 6.06. The normalized spacial score (nSPS) is 12.8. The SMILES string of the molecule is C=CCNC(C)c1ccc(CC(C)C)cc1. The predicted octanol–water partition coefficient (Wildman–Crippen LogP) is 3.72. The Morgan fingerprint density at radius 2 is 1.81 bits per heavy atom. The molecule has 0 aliphatic rings. The molecule has 1 aromatic rings. The van der Waals surface area contributed by atoms with E-state index in [2.05, 4.69) is 56.9 Å². The van der Waals surface area contributed by atoms with Crippen LogP contribution in [0.2, 0.25) is 0 Å². The van der Waals surface area contributed by atoms with E-state index in [9.17, 15) is 0 Å². The van der Waals surface area contributed by atoms with Crippen LogP contribution in [-0.4, -0.2) is 6.54 Å². The lowest BCUT2D eigenvalue weighted by Crippen LogP contribution is -2.18. The largest absolute Gasteiger partial charge is 0.307 e. The van der Waals surface area contributed by atoms with Crippen LogP contribution in [0.3, 0.4) is 0 Å². The van der Waals surface area contributed by atoms with Crippen molar-refractivity contribution < 1.29 is 0 Å². The predicted molar refractivity (Wildman–Crippen MR) is 71.6 cm³/mol. The first kappa shape index (κ1) is 13.0. The minimum Gasteiger partial charge on any atom is -0.307 e. The lowest BCUT2D eigenvalue weighted by Gasteiger charge is -2.13. The van der Waals surface area contributed by atoms with Crippen LogP contribution < -0.4 is 5.32 Å². The number of benzene rings is 1. The summed E-state index contributed by atoms with van der Waals surface area (Å²) in [6.07, 6.45) is 3.05. The molecule has 0 saturated carbocycles. The van der Waals surface area contributed by atoms with Gasteiger partial charge in [-0.2, -0.15) is 0 Å². The second-order valence-electron chi connectivity index (χ2n) is 4.76. The maximum absolute atomic E-state index is 3.71. The fourth-order valence-corrected chi connectivity index (χ4v) is 1.79. The summed E-state index contributed by atoms with van der Waals surface area (Å²) in [7, 11) is 0. The third-order valence-corrected chi connectivity index (χ3v) is 2.69. The molecule has 16 heavy (non-hydrogen) atoms. The van der Waals surface area contributed by atoms with Gasteiger partial charge in [0.25, 0.3) is 0 Å². The van der Waals surface area contributed by atoms with E-state index in [0.29, 0.717) is 6.04 Å². The number of nitrogens with one attached hydrogen (secondary N) is 1. The van der Waals surface area contributed by atoms with Crippen LogP contribution in [0.4, 0.5) is 0 Å². The van der Waals surface area contributed by atoms with E-state index >= 15 is 0 Å². The Labute approximate surface area is 99.6 Å². The van der Waals surface area contributed by atoms with Crippen molar-refractivity contribution >= 4 is 0 Å². The zero-order valence-corrected chi connectivity index (χ0v) is 10.7. The molecule has 0 aromatic heterocycles. The lowest BCUT2D eigenvalue weighted by atomic mass is 10.00. The zero-order chi connectivity index (χ0) is 12.0. The van der Waals surface area contributed by atoms with Crippen LogP contribution in [0.15, 0.2) is 36.9 Å². The summed E-state index contributed by atoms with van der Waals surface area (Å²) in [5.41, 5.74) is 2.77. The lowest BCUT2D eigenvalue weighted by molar-refractivity contribution is 0.615. The molecule has 0 spiro atoms. The smallest absolute Gasteiger partial charge is 0.0294 e. The highest BCUT2D eigenvalue weighted by atomic mass is 14.9. The van der Waals surface area contributed by atoms with Crippen molar-refractivity contribution in [3.63, 3.8) is 0 Å². The molecular weight excluding hydrogens is 194 g/mol. The van der Waals surface area contributed by atoms with Gasteiger partial charge in [0.15, 0.2) is 0 Å². The fourth-order valence-electron chi connectivity index (χ4n) is 1.79. The summed E-state index contributed by atoms with van der Waals surface area (Å²) in [4.78, 5) is 0. The van der Waals surface area contributed by atoms with Crippen molar-refractivity contribution in [3.05, 3.63) is 48.0 Å². The van der Waals surface area contributed by atoms with E-state index in [1.807, 2.05) is 6.08 Å². The Hall–Kier alpha value is -1.08. The van der Waals surface area contributed by atoms with E-state index in [4.69, 9.17) is 0 Å². The van der Waals surface area contributed by atoms with Gasteiger partial charge in [-0.1, -0.05) is 44.2 Å². The maximum Gasteiger partial charge on any atom is 0.0294 e. The van der Waals surface area contributed by atoms with Gasteiger partial charge in [-0.15, -0.1) is 6.58 Å². The van der Waals surface area contributed by atoms with Crippen LogP contribution in [-0.2, 0) is 6.42 Å². The molecule has 1 atom stereocenters. The average Bonchev–Trinajstić information content (AvgIpc) is 2.26. The van der Waals surface area contributed by atoms with E-state index < -0.39 is 0 Å². The standard InChI is InChI=1S/C15H23N/c1-5-10-16-13(4)15-8-6-14(7-9-15)11-12(2)3/h5-9,12-13,16H,1,10-11H2,2-4H3. The molecule has 0 fully saturated rings. The first-order valence-corrected chi connectivity index (χ1v) is 6.06. The van der Waals surface area contributed by atoms with Crippen molar-refractivity contribution in [1.29, 1.82) is 0 Å². The van der Waals surface area contributed by atoms with Crippen LogP contribution in [0, 0.1) is 5.92 Å². The van der Waals surface area contributed by atoms with Crippen LogP contribution in [0.5, 0.6) is 0 Å². The van der Waals surface area contributed by atoms with Crippen molar-refractivity contribution in [3.8, 4) is 0 Å². The molecule has 0 amide bonds. The van der Waals surface area contributed by atoms with Crippen molar-refractivity contribution in [2.45, 2.75) is 33.2 Å². The molecule has 0 bridgehead atoms. The third kappa shape index (κ3) is 4.19. The topological polar surface area (TPSA) is 12.0 Å². The highest BCUT2D eigenvalue weighted by Gasteiger charge is 2.03. The Balaban J connectivity index is 2.59. The van der Waals surface area contributed by atoms with Crippen molar-refractivity contribution in [2.24, 2.45) is 5.92 Å². The van der Waals surface area contributed by atoms with Gasteiger partial charge in [-0.3, -0.25) is 0 Å². The molecule has 0 radical (unpaired) electrons. The summed E-state index contributed by atoms with van der Waals surface area (Å²) in [6.45, 7) is 11.3. The molecule has 1 aromatic carbocycles. The quantitative estimate of drug-likeness (QED) is 0.716. The summed E-state index contributed by atoms with van der Waals surface area (Å²) < 4.78 is 0. The molecule has 0 saturated heterocycles. The van der Waals surface area contributed by atoms with E-state index in [1.165, 1.54) is 11.1 Å². The Morgan fingerprint density at radius 3 is 2.31 bits per heavy atom. The molecule has 1 nitrogen and oxygen atoms in total. The highest BCUT2D eigenvalue weighted by molar-refractivity contribution is 5.25. The average molecular weight is 217 g/mol. The first-order chi connectivity index (χ1) is 7.63. The summed E-state index contributed by atoms with van der Waals surface area (Å²) in [5, 5.41) is 3.39. The van der Waals surface area contributed by atoms with E-state index in [-0.39, 0.29) is 0 Å². The molecule has 0 aliphatic carbocycles. The monoisotopic (exact) mass is 217 g/mol. The molecule has 88 valence electrons. The third-order valence-electron chi connectivity index (χ3n) is 2.69. The van der Waals surface area contributed by atoms with Crippen molar-refractivity contribution in [1.82, 2.24) is 5.32 Å². The van der Waals surface area contributed by atoms with Crippen LogP contribution in [0.1, 0.15) is 37.9 Å². The van der Waals surface area contributed by atoms with Gasteiger partial charge in [0, 0.05) is 12.6 Å². The Bertz CT molecular complexity index is 311. The number of hydrogen-bond donors (Lipinski definition) is 1. The van der Waals surface area contributed by atoms with Gasteiger partial charge in [0.1, 0.15) is 0 Å². The van der Waals surface area contributed by atoms with Gasteiger partial charge in [-0.05, 0) is 30.4 Å². The second-order valence-corrected chi connectivity index (χ2v) is 4.76. The second kappa shape index (κ2) is 6.49. The fraction of sp³-hybridized carbons (Fsp3) is 0.467. The molecule has 0 aliphatic heterocycles. The molecule has 1 unspecified atom stereocenters. The number of rotatable bonds is 6. The van der Waals surface area contributed by atoms with Crippen LogP contribution >= 0.6 is 0 Å². The Morgan fingerprint density at radius 1 is 1.19 bits per heavy atom. The minimum atomic E-state index is 0.395. The van der Waals surface area contributed by atoms with Gasteiger partial charge in [-0.25, -0.2) is 0 Å². The molecule has 1 N–H and O–H groups in total. The summed E-state index contributed by atoms with van der Waals surface area (Å²) >= 11 is 0. The van der Waals surface area contributed by atoms with Crippen LogP contribution in [0.25, 0.3) is 0 Å². The molecule has 0 heterocycles. The van der Waals surface area contributed by atoms with E-state index in [0.717, 1.165) is 18.9 Å². The van der Waals surface area contributed by atoms with Gasteiger partial charge >= 0.3 is 0 Å². The van der Waals surface area contributed by atoms with Gasteiger partial charge in [0.2, 0.25) is 0 Å². The maximum atomic E-state index is 3.71. The zero-order valence-electron chi connectivity index (χ0n) is 10.7. The Kier molecular flexibility index (Phi) is 5.27. The molecule has 1 rings (SSSR count). The highest BCUT2D eigenvalue weighted by Crippen LogP contribution is 2.15. The van der Waals surface area contributed by atoms with E-state index in [1.54, 1.807) is 0 Å². The molecule has 1 heteroatoms. The number of hydrogen-bond acceptors (Lipinski definition) is 1. The van der Waals surface area contributed by atoms with Gasteiger partial charge in [0.05, 0.1) is 0 Å². The van der Waals surface area contributed by atoms with Gasteiger partial charge < -0.3 is 5.32 Å². The molecular formula is C15H23N. The summed E-state index contributed by atoms with van der Waals surface area (Å²) in [5.74, 6) is 0.724. The summed E-state index contributed by atoms with van der Waals surface area (Å²) in [6, 6.07) is 9.31. The van der Waals surface area contributed by atoms with Crippen molar-refractivity contribution in [2.75, 3.05) is 6.54 Å².